The topological polar surface area (TPSA) is 90.2 Å². The van der Waals surface area contributed by atoms with E-state index in [0.29, 0.717) is 42.6 Å². The van der Waals surface area contributed by atoms with Crippen LogP contribution in [0.25, 0.3) is 0 Å². The summed E-state index contributed by atoms with van der Waals surface area (Å²) in [5.74, 6) is -0.232. The number of halogens is 1. The molecule has 2 aromatic carbocycles. The zero-order valence-corrected chi connectivity index (χ0v) is 17.7. The molecule has 2 aromatic rings. The van der Waals surface area contributed by atoms with Gasteiger partial charge in [0.15, 0.2) is 0 Å². The van der Waals surface area contributed by atoms with Crippen molar-refractivity contribution in [1.82, 2.24) is 9.80 Å². The number of carbonyl (C=O) groups excluding carboxylic acids is 2. The Balaban J connectivity index is 1.42. The van der Waals surface area contributed by atoms with Crippen LogP contribution in [0.15, 0.2) is 48.5 Å². The Bertz CT molecular complexity index is 1010. The molecule has 0 spiro atoms. The van der Waals surface area contributed by atoms with E-state index in [4.69, 9.17) is 11.6 Å². The molecule has 10 heteroatoms. The van der Waals surface area contributed by atoms with E-state index in [2.05, 4.69) is 0 Å². The van der Waals surface area contributed by atoms with Crippen molar-refractivity contribution in [3.05, 3.63) is 63.7 Å². The number of anilines is 2. The number of piperazine rings is 1. The second-order valence-electron chi connectivity index (χ2n) is 7.57. The summed E-state index contributed by atoms with van der Waals surface area (Å²) in [5, 5.41) is 11.7. The fourth-order valence-corrected chi connectivity index (χ4v) is 4.19. The lowest BCUT2D eigenvalue weighted by atomic mass is 10.2. The molecule has 3 amide bonds. The minimum atomic E-state index is -0.562. The number of nitrogens with zero attached hydrogens (tertiary/aromatic N) is 5. The molecule has 9 nitrogen and oxygen atoms in total. The maximum absolute atomic E-state index is 12.9. The molecule has 31 heavy (non-hydrogen) atoms. The second-order valence-corrected chi connectivity index (χ2v) is 8.00. The summed E-state index contributed by atoms with van der Waals surface area (Å²) < 4.78 is 0. The number of urea groups is 1. The molecule has 0 bridgehead atoms. The molecule has 0 radical (unpaired) electrons. The van der Waals surface area contributed by atoms with Gasteiger partial charge < -0.3 is 4.90 Å². The summed E-state index contributed by atoms with van der Waals surface area (Å²) in [6.45, 7) is 4.13. The SMILES string of the molecule is CC1C(=O)N(CN2CCN(c3ccc(Cl)cc3[N+](=O)[O-])CC2)C(=O)N1c1ccccc1. The van der Waals surface area contributed by atoms with E-state index >= 15 is 0 Å². The van der Waals surface area contributed by atoms with E-state index in [0.717, 1.165) is 0 Å². The molecule has 4 rings (SSSR count). The molecule has 0 aromatic heterocycles. The van der Waals surface area contributed by atoms with Gasteiger partial charge in [-0.05, 0) is 31.2 Å². The van der Waals surface area contributed by atoms with Gasteiger partial charge in [0.25, 0.3) is 11.6 Å². The molecule has 0 aliphatic carbocycles. The van der Waals surface area contributed by atoms with Crippen molar-refractivity contribution in [3.8, 4) is 0 Å². The standard InChI is InChI=1S/C21H22ClN5O4/c1-15-20(28)25(21(29)26(15)17-5-3-2-4-6-17)14-23-9-11-24(12-10-23)18-8-7-16(22)13-19(18)27(30)31/h2-8,13,15H,9-12,14H2,1H3. The molecule has 0 saturated carbocycles. The van der Waals surface area contributed by atoms with Gasteiger partial charge in [0.05, 0.1) is 11.6 Å². The van der Waals surface area contributed by atoms with Gasteiger partial charge in [-0.25, -0.2) is 9.69 Å². The summed E-state index contributed by atoms with van der Waals surface area (Å²) >= 11 is 5.91. The van der Waals surface area contributed by atoms with Crippen molar-refractivity contribution in [2.75, 3.05) is 42.6 Å². The maximum Gasteiger partial charge on any atom is 0.333 e. The van der Waals surface area contributed by atoms with Crippen molar-refractivity contribution in [2.45, 2.75) is 13.0 Å². The number of amides is 3. The predicted molar refractivity (Wildman–Crippen MR) is 117 cm³/mol. The van der Waals surface area contributed by atoms with Gasteiger partial charge in [-0.1, -0.05) is 29.8 Å². The van der Waals surface area contributed by atoms with Crippen LogP contribution in [0.2, 0.25) is 5.02 Å². The first-order valence-corrected chi connectivity index (χ1v) is 10.4. The quantitative estimate of drug-likeness (QED) is 0.400. The summed E-state index contributed by atoms with van der Waals surface area (Å²) in [6, 6.07) is 12.9. The molecule has 2 saturated heterocycles. The highest BCUT2D eigenvalue weighted by molar-refractivity contribution is 6.30. The van der Waals surface area contributed by atoms with Gasteiger partial charge in [-0.15, -0.1) is 0 Å². The molecule has 2 heterocycles. The van der Waals surface area contributed by atoms with E-state index < -0.39 is 11.0 Å². The van der Waals surface area contributed by atoms with Crippen molar-refractivity contribution in [3.63, 3.8) is 0 Å². The van der Waals surface area contributed by atoms with Crippen LogP contribution >= 0.6 is 11.6 Å². The highest BCUT2D eigenvalue weighted by atomic mass is 35.5. The molecule has 2 aliphatic heterocycles. The number of para-hydroxylation sites is 1. The Hall–Kier alpha value is -3.17. The normalized spacial score (nSPS) is 19.9. The number of nitro groups is 1. The first-order valence-electron chi connectivity index (χ1n) is 9.97. The van der Waals surface area contributed by atoms with Gasteiger partial charge in [-0.3, -0.25) is 24.7 Å². The van der Waals surface area contributed by atoms with Gasteiger partial charge in [-0.2, -0.15) is 0 Å². The van der Waals surface area contributed by atoms with Crippen molar-refractivity contribution in [1.29, 1.82) is 0 Å². The molecule has 2 aliphatic rings. The van der Waals surface area contributed by atoms with Crippen LogP contribution in [-0.2, 0) is 4.79 Å². The number of hydrogen-bond acceptors (Lipinski definition) is 6. The predicted octanol–water partition coefficient (Wildman–Crippen LogP) is 3.19. The van der Waals surface area contributed by atoms with Crippen LogP contribution in [0, 0.1) is 10.1 Å². The van der Waals surface area contributed by atoms with Gasteiger partial charge in [0, 0.05) is 43.0 Å². The number of hydrogen-bond donors (Lipinski definition) is 0. The molecule has 1 atom stereocenters. The minimum Gasteiger partial charge on any atom is -0.363 e. The van der Waals surface area contributed by atoms with E-state index in [-0.39, 0.29) is 24.3 Å². The third-order valence-electron chi connectivity index (χ3n) is 5.67. The molecule has 162 valence electrons. The molecular formula is C21H22ClN5O4. The summed E-state index contributed by atoms with van der Waals surface area (Å²) in [7, 11) is 0. The average Bonchev–Trinajstić information content (AvgIpc) is 2.98. The zero-order valence-electron chi connectivity index (χ0n) is 17.0. The smallest absolute Gasteiger partial charge is 0.333 e. The van der Waals surface area contributed by atoms with Crippen LogP contribution in [0.4, 0.5) is 21.9 Å². The fourth-order valence-electron chi connectivity index (χ4n) is 4.02. The zero-order chi connectivity index (χ0) is 22.1. The third-order valence-corrected chi connectivity index (χ3v) is 5.91. The lowest BCUT2D eigenvalue weighted by molar-refractivity contribution is -0.384. The van der Waals surface area contributed by atoms with Gasteiger partial charge >= 0.3 is 6.03 Å². The monoisotopic (exact) mass is 443 g/mol. The van der Waals surface area contributed by atoms with Crippen molar-refractivity contribution < 1.29 is 14.5 Å². The number of nitro benzene ring substituents is 1. The summed E-state index contributed by atoms with van der Waals surface area (Å²) in [6.07, 6.45) is 0. The first-order chi connectivity index (χ1) is 14.9. The van der Waals surface area contributed by atoms with Crippen LogP contribution in [0.3, 0.4) is 0 Å². The lowest BCUT2D eigenvalue weighted by Crippen LogP contribution is -2.51. The molecule has 0 N–H and O–H groups in total. The Morgan fingerprint density at radius 1 is 1.06 bits per heavy atom. The van der Waals surface area contributed by atoms with Crippen LogP contribution in [-0.4, -0.2) is 65.6 Å². The van der Waals surface area contributed by atoms with Crippen molar-refractivity contribution in [2.24, 2.45) is 0 Å². The summed E-state index contributed by atoms with van der Waals surface area (Å²) in [5.41, 5.74) is 1.18. The lowest BCUT2D eigenvalue weighted by Gasteiger charge is -2.36. The number of imide groups is 1. The highest BCUT2D eigenvalue weighted by Crippen LogP contribution is 2.32. The molecular weight excluding hydrogens is 422 g/mol. The van der Waals surface area contributed by atoms with Crippen LogP contribution in [0.5, 0.6) is 0 Å². The Morgan fingerprint density at radius 2 is 1.74 bits per heavy atom. The number of carbonyl (C=O) groups is 2. The van der Waals surface area contributed by atoms with E-state index in [1.807, 2.05) is 40.1 Å². The maximum atomic E-state index is 12.9. The Labute approximate surface area is 184 Å². The van der Waals surface area contributed by atoms with Gasteiger partial charge in [0.2, 0.25) is 0 Å². The first kappa shape index (κ1) is 21.1. The molecule has 2 fully saturated rings. The largest absolute Gasteiger partial charge is 0.363 e. The van der Waals surface area contributed by atoms with Crippen molar-refractivity contribution >= 4 is 40.6 Å². The Morgan fingerprint density at radius 3 is 2.39 bits per heavy atom. The average molecular weight is 444 g/mol. The number of benzene rings is 2. The fraction of sp³-hybridized carbons (Fsp3) is 0.333. The third kappa shape index (κ3) is 4.06. The highest BCUT2D eigenvalue weighted by Gasteiger charge is 2.44. The molecule has 1 unspecified atom stereocenters. The van der Waals surface area contributed by atoms with E-state index in [1.165, 1.54) is 15.9 Å². The Kier molecular flexibility index (Phi) is 5.79. The summed E-state index contributed by atoms with van der Waals surface area (Å²) in [4.78, 5) is 43.4. The number of rotatable bonds is 5. The minimum absolute atomic E-state index is 0.0295. The van der Waals surface area contributed by atoms with Crippen LogP contribution in [0.1, 0.15) is 6.92 Å². The van der Waals surface area contributed by atoms with Gasteiger partial charge in [0.1, 0.15) is 11.7 Å². The van der Waals surface area contributed by atoms with Crippen LogP contribution < -0.4 is 9.80 Å². The second kappa shape index (κ2) is 8.52. The van der Waals surface area contributed by atoms with E-state index in [9.17, 15) is 19.7 Å². The van der Waals surface area contributed by atoms with E-state index in [1.54, 1.807) is 19.1 Å².